The Kier molecular flexibility index (Phi) is 4.28. The number of rotatable bonds is 5. The Hall–Kier alpha value is -1.46. The summed E-state index contributed by atoms with van der Waals surface area (Å²) in [5.41, 5.74) is 7.05. The normalized spacial score (nSPS) is 12.6. The lowest BCUT2D eigenvalue weighted by Crippen LogP contribution is -2.17. The summed E-state index contributed by atoms with van der Waals surface area (Å²) in [6.45, 7) is 2.96. The molecule has 0 spiro atoms. The number of hydrogen-bond acceptors (Lipinski definition) is 4. The van der Waals surface area contributed by atoms with E-state index >= 15 is 0 Å². The van der Waals surface area contributed by atoms with E-state index in [1.165, 1.54) is 0 Å². The molecule has 96 valence electrons. The van der Waals surface area contributed by atoms with Gasteiger partial charge in [-0.15, -0.1) is 0 Å². The van der Waals surface area contributed by atoms with Crippen molar-refractivity contribution in [2.75, 3.05) is 0 Å². The van der Waals surface area contributed by atoms with Crippen molar-refractivity contribution in [2.24, 2.45) is 5.73 Å². The number of hydrogen-bond donors (Lipinski definition) is 1. The first-order chi connectivity index (χ1) is 8.72. The lowest BCUT2D eigenvalue weighted by Gasteiger charge is -2.13. The molecule has 2 aromatic rings. The van der Waals surface area contributed by atoms with Crippen LogP contribution >= 0.6 is 11.6 Å². The molecule has 0 aromatic carbocycles. The van der Waals surface area contributed by atoms with E-state index in [0.29, 0.717) is 11.4 Å². The van der Waals surface area contributed by atoms with Crippen LogP contribution in [0.4, 0.5) is 0 Å². The van der Waals surface area contributed by atoms with E-state index in [2.05, 4.69) is 22.0 Å². The molecule has 6 heteroatoms. The maximum atomic E-state index is 6.16. The van der Waals surface area contributed by atoms with Gasteiger partial charge >= 0.3 is 0 Å². The van der Waals surface area contributed by atoms with Crippen molar-refractivity contribution in [1.82, 2.24) is 19.7 Å². The Morgan fingerprint density at radius 1 is 1.50 bits per heavy atom. The third kappa shape index (κ3) is 2.86. The van der Waals surface area contributed by atoms with Crippen molar-refractivity contribution in [2.45, 2.75) is 32.4 Å². The van der Waals surface area contributed by atoms with Crippen molar-refractivity contribution in [3.05, 3.63) is 41.2 Å². The summed E-state index contributed by atoms with van der Waals surface area (Å²) in [5, 5.41) is 4.77. The lowest BCUT2D eigenvalue weighted by molar-refractivity contribution is 0.548. The Balaban J connectivity index is 2.14. The molecule has 0 aliphatic rings. The molecule has 0 aliphatic carbocycles. The molecule has 18 heavy (non-hydrogen) atoms. The zero-order chi connectivity index (χ0) is 13.0. The van der Waals surface area contributed by atoms with Crippen LogP contribution in [0.5, 0.6) is 0 Å². The van der Waals surface area contributed by atoms with Gasteiger partial charge < -0.3 is 5.73 Å². The van der Waals surface area contributed by atoms with Gasteiger partial charge in [-0.2, -0.15) is 5.10 Å². The molecule has 1 unspecified atom stereocenters. The van der Waals surface area contributed by atoms with Gasteiger partial charge in [0, 0.05) is 31.4 Å². The highest BCUT2D eigenvalue weighted by molar-refractivity contribution is 6.31. The van der Waals surface area contributed by atoms with Crippen LogP contribution in [0.2, 0.25) is 5.02 Å². The van der Waals surface area contributed by atoms with Crippen LogP contribution in [0.15, 0.2) is 24.8 Å². The van der Waals surface area contributed by atoms with Crippen LogP contribution in [0.25, 0.3) is 0 Å². The second-order valence-corrected chi connectivity index (χ2v) is 4.51. The van der Waals surface area contributed by atoms with Gasteiger partial charge in [-0.1, -0.05) is 18.5 Å². The highest BCUT2D eigenvalue weighted by atomic mass is 35.5. The first-order valence-electron chi connectivity index (χ1n) is 5.94. The van der Waals surface area contributed by atoms with Crippen molar-refractivity contribution in [1.29, 1.82) is 0 Å². The summed E-state index contributed by atoms with van der Waals surface area (Å²) in [4.78, 5) is 8.19. The number of pyridine rings is 1. The van der Waals surface area contributed by atoms with Gasteiger partial charge in [-0.3, -0.25) is 9.67 Å². The first-order valence-corrected chi connectivity index (χ1v) is 6.31. The van der Waals surface area contributed by atoms with E-state index < -0.39 is 0 Å². The third-order valence-electron chi connectivity index (χ3n) is 2.74. The van der Waals surface area contributed by atoms with Gasteiger partial charge in [0.2, 0.25) is 0 Å². The zero-order valence-electron chi connectivity index (χ0n) is 10.3. The topological polar surface area (TPSA) is 69.6 Å². The summed E-state index contributed by atoms with van der Waals surface area (Å²) >= 11 is 6.07. The predicted molar refractivity (Wildman–Crippen MR) is 70.2 cm³/mol. The number of aromatic nitrogens is 4. The van der Waals surface area contributed by atoms with Crippen LogP contribution in [0.1, 0.15) is 30.8 Å². The molecule has 0 radical (unpaired) electrons. The van der Waals surface area contributed by atoms with Crippen LogP contribution in [0.3, 0.4) is 0 Å². The maximum Gasteiger partial charge on any atom is 0.138 e. The zero-order valence-corrected chi connectivity index (χ0v) is 11.0. The molecule has 0 fully saturated rings. The quantitative estimate of drug-likeness (QED) is 0.897. The van der Waals surface area contributed by atoms with Crippen molar-refractivity contribution in [3.8, 4) is 0 Å². The predicted octanol–water partition coefficient (Wildman–Crippen LogP) is 1.98. The van der Waals surface area contributed by atoms with Gasteiger partial charge in [0.25, 0.3) is 0 Å². The molecule has 0 amide bonds. The van der Waals surface area contributed by atoms with E-state index in [1.54, 1.807) is 18.7 Å². The Morgan fingerprint density at radius 2 is 2.33 bits per heavy atom. The van der Waals surface area contributed by atoms with Crippen molar-refractivity contribution < 1.29 is 0 Å². The fourth-order valence-electron chi connectivity index (χ4n) is 1.84. The van der Waals surface area contributed by atoms with Crippen LogP contribution in [-0.4, -0.2) is 19.7 Å². The molecule has 0 saturated heterocycles. The van der Waals surface area contributed by atoms with Gasteiger partial charge in [0.05, 0.1) is 5.02 Å². The highest BCUT2D eigenvalue weighted by Crippen LogP contribution is 2.22. The van der Waals surface area contributed by atoms with E-state index in [9.17, 15) is 0 Å². The maximum absolute atomic E-state index is 6.16. The lowest BCUT2D eigenvalue weighted by atomic mass is 10.1. The van der Waals surface area contributed by atoms with Gasteiger partial charge in [-0.05, 0) is 18.1 Å². The Bertz CT molecular complexity index is 511. The minimum atomic E-state index is -0.194. The monoisotopic (exact) mass is 265 g/mol. The van der Waals surface area contributed by atoms with Gasteiger partial charge in [0.1, 0.15) is 12.2 Å². The van der Waals surface area contributed by atoms with E-state index in [-0.39, 0.29) is 6.04 Å². The van der Waals surface area contributed by atoms with Gasteiger partial charge in [0.15, 0.2) is 0 Å². The standard InChI is InChI=1S/C12H16ClN5/c1-2-5-18-12(16-8-17-18)6-11(14)9-3-4-15-7-10(9)13/h3-4,7-8,11H,2,5-6,14H2,1H3. The molecule has 2 heterocycles. The number of aryl methyl sites for hydroxylation is 1. The second-order valence-electron chi connectivity index (χ2n) is 4.11. The number of nitrogens with zero attached hydrogens (tertiary/aromatic N) is 4. The molecular weight excluding hydrogens is 250 g/mol. The number of nitrogens with two attached hydrogens (primary N) is 1. The Morgan fingerprint density at radius 3 is 3.06 bits per heavy atom. The van der Waals surface area contributed by atoms with E-state index in [4.69, 9.17) is 17.3 Å². The van der Waals surface area contributed by atoms with Gasteiger partial charge in [-0.25, -0.2) is 4.98 Å². The molecule has 0 saturated carbocycles. The Labute approximate surface area is 111 Å². The van der Waals surface area contributed by atoms with Crippen molar-refractivity contribution in [3.63, 3.8) is 0 Å². The third-order valence-corrected chi connectivity index (χ3v) is 3.05. The molecule has 5 nitrogen and oxygen atoms in total. The van der Waals surface area contributed by atoms with Crippen molar-refractivity contribution >= 4 is 11.6 Å². The molecule has 0 aliphatic heterocycles. The molecule has 2 aromatic heterocycles. The van der Waals surface area contributed by atoms with Crippen LogP contribution in [0, 0.1) is 0 Å². The average molecular weight is 266 g/mol. The fourth-order valence-corrected chi connectivity index (χ4v) is 2.10. The second kappa shape index (κ2) is 5.93. The molecule has 2 N–H and O–H groups in total. The summed E-state index contributed by atoms with van der Waals surface area (Å²) in [6, 6.07) is 1.65. The number of halogens is 1. The fraction of sp³-hybridized carbons (Fsp3) is 0.417. The SMILES string of the molecule is CCCn1ncnc1CC(N)c1ccncc1Cl. The summed E-state index contributed by atoms with van der Waals surface area (Å²) in [6.07, 6.45) is 6.49. The molecule has 0 bridgehead atoms. The summed E-state index contributed by atoms with van der Waals surface area (Å²) in [5.74, 6) is 0.886. The minimum Gasteiger partial charge on any atom is -0.324 e. The molecule has 1 atom stereocenters. The average Bonchev–Trinajstić information content (AvgIpc) is 2.78. The molecular formula is C12H16ClN5. The van der Waals surface area contributed by atoms with Crippen LogP contribution < -0.4 is 5.73 Å². The molecule has 2 rings (SSSR count). The van der Waals surface area contributed by atoms with E-state index in [0.717, 1.165) is 24.4 Å². The highest BCUT2D eigenvalue weighted by Gasteiger charge is 2.14. The summed E-state index contributed by atoms with van der Waals surface area (Å²) in [7, 11) is 0. The minimum absolute atomic E-state index is 0.194. The first kappa shape index (κ1) is 13.0. The van der Waals surface area contributed by atoms with E-state index in [1.807, 2.05) is 10.7 Å². The smallest absolute Gasteiger partial charge is 0.138 e. The summed E-state index contributed by atoms with van der Waals surface area (Å²) < 4.78 is 1.88. The van der Waals surface area contributed by atoms with Crippen LogP contribution in [-0.2, 0) is 13.0 Å². The largest absolute Gasteiger partial charge is 0.324 e.